The summed E-state index contributed by atoms with van der Waals surface area (Å²) < 4.78 is 5.40. The lowest BCUT2D eigenvalue weighted by Crippen LogP contribution is -2.53. The molecule has 2 aliphatic heterocycles. The maximum Gasteiger partial charge on any atom is 0.252 e. The van der Waals surface area contributed by atoms with E-state index in [1.54, 1.807) is 4.90 Å². The summed E-state index contributed by atoms with van der Waals surface area (Å²) in [4.78, 5) is 13.9. The molecule has 2 atom stereocenters. The first-order valence-electron chi connectivity index (χ1n) is 6.13. The fourth-order valence-corrected chi connectivity index (χ4v) is 2.53. The van der Waals surface area contributed by atoms with E-state index in [0.717, 1.165) is 32.1 Å². The van der Waals surface area contributed by atoms with Crippen LogP contribution < -0.4 is 5.73 Å². The minimum Gasteiger partial charge on any atom is -0.409 e. The van der Waals surface area contributed by atoms with Crippen molar-refractivity contribution in [3.8, 4) is 0 Å². The molecule has 0 spiro atoms. The molecule has 2 saturated heterocycles. The van der Waals surface area contributed by atoms with Gasteiger partial charge in [0, 0.05) is 13.2 Å². The van der Waals surface area contributed by atoms with Crippen molar-refractivity contribution < 1.29 is 14.7 Å². The number of ether oxygens (including phenoxy) is 1. The molecule has 0 aromatic rings. The van der Waals surface area contributed by atoms with Crippen LogP contribution in [0.3, 0.4) is 0 Å². The number of carbonyl (C=O) groups excluding carboxylic acids is 1. The van der Waals surface area contributed by atoms with Crippen molar-refractivity contribution in [2.24, 2.45) is 10.9 Å². The minimum atomic E-state index is -0.331. The van der Waals surface area contributed by atoms with Crippen LogP contribution in [0.2, 0.25) is 0 Å². The van der Waals surface area contributed by atoms with Crippen LogP contribution in [-0.4, -0.2) is 47.1 Å². The Balaban J connectivity index is 2.07. The molecule has 2 fully saturated rings. The third-order valence-corrected chi connectivity index (χ3v) is 3.45. The summed E-state index contributed by atoms with van der Waals surface area (Å²) in [5.74, 6) is 0.106. The molecule has 0 saturated carbocycles. The van der Waals surface area contributed by atoms with E-state index in [2.05, 4.69) is 5.16 Å². The van der Waals surface area contributed by atoms with E-state index in [0.29, 0.717) is 13.2 Å². The van der Waals surface area contributed by atoms with E-state index in [1.165, 1.54) is 0 Å². The van der Waals surface area contributed by atoms with Gasteiger partial charge in [0.2, 0.25) is 0 Å². The average Bonchev–Trinajstić information content (AvgIpc) is 2.91. The molecule has 0 aromatic heterocycles. The maximum atomic E-state index is 12.2. The summed E-state index contributed by atoms with van der Waals surface area (Å²) in [7, 11) is 0. The van der Waals surface area contributed by atoms with E-state index < -0.39 is 0 Å². The molecule has 2 heterocycles. The van der Waals surface area contributed by atoms with Crippen molar-refractivity contribution in [3.05, 3.63) is 0 Å². The van der Waals surface area contributed by atoms with Crippen molar-refractivity contribution in [2.45, 2.75) is 44.2 Å². The van der Waals surface area contributed by atoms with Crippen molar-refractivity contribution in [3.63, 3.8) is 0 Å². The maximum absolute atomic E-state index is 12.2. The Hall–Kier alpha value is -1.30. The fraction of sp³-hybridized carbons (Fsp3) is 0.818. The molecule has 6 heteroatoms. The van der Waals surface area contributed by atoms with Crippen molar-refractivity contribution in [1.29, 1.82) is 0 Å². The second-order valence-electron chi connectivity index (χ2n) is 4.57. The molecule has 17 heavy (non-hydrogen) atoms. The highest BCUT2D eigenvalue weighted by atomic mass is 16.5. The topological polar surface area (TPSA) is 88.2 Å². The normalized spacial score (nSPS) is 30.6. The molecule has 96 valence electrons. The molecule has 0 aromatic carbocycles. The van der Waals surface area contributed by atoms with Gasteiger partial charge in [0.25, 0.3) is 5.91 Å². The Morgan fingerprint density at radius 2 is 2.18 bits per heavy atom. The largest absolute Gasteiger partial charge is 0.409 e. The summed E-state index contributed by atoms with van der Waals surface area (Å²) in [5, 5.41) is 11.8. The van der Waals surface area contributed by atoms with Crippen LogP contribution in [0, 0.1) is 0 Å². The quantitative estimate of drug-likeness (QED) is 0.315. The third kappa shape index (κ3) is 2.52. The molecule has 2 aliphatic rings. The summed E-state index contributed by atoms with van der Waals surface area (Å²) in [6, 6.07) is -0.273. The third-order valence-electron chi connectivity index (χ3n) is 3.45. The zero-order chi connectivity index (χ0) is 12.3. The second-order valence-corrected chi connectivity index (χ2v) is 4.57. The van der Waals surface area contributed by atoms with Gasteiger partial charge < -0.3 is 20.6 Å². The molecule has 6 nitrogen and oxygen atoms in total. The van der Waals surface area contributed by atoms with Crippen LogP contribution in [0.4, 0.5) is 0 Å². The number of likely N-dealkylation sites (tertiary alicyclic amines) is 1. The molecule has 0 bridgehead atoms. The van der Waals surface area contributed by atoms with E-state index in [9.17, 15) is 4.79 Å². The lowest BCUT2D eigenvalue weighted by atomic mass is 10.00. The molecule has 0 radical (unpaired) electrons. The number of piperidine rings is 1. The first-order chi connectivity index (χ1) is 8.24. The van der Waals surface area contributed by atoms with E-state index in [1.807, 2.05) is 0 Å². The smallest absolute Gasteiger partial charge is 0.252 e. The van der Waals surface area contributed by atoms with E-state index in [4.69, 9.17) is 15.7 Å². The highest BCUT2D eigenvalue weighted by Crippen LogP contribution is 2.22. The van der Waals surface area contributed by atoms with Gasteiger partial charge in [-0.15, -0.1) is 0 Å². The van der Waals surface area contributed by atoms with Gasteiger partial charge in [0.05, 0.1) is 6.04 Å². The molecular weight excluding hydrogens is 222 g/mol. The number of nitrogens with zero attached hydrogens (tertiary/aromatic N) is 2. The van der Waals surface area contributed by atoms with Crippen LogP contribution >= 0.6 is 0 Å². The zero-order valence-corrected chi connectivity index (χ0v) is 9.84. The summed E-state index contributed by atoms with van der Waals surface area (Å²) in [6.07, 6.45) is 4.09. The van der Waals surface area contributed by atoms with Gasteiger partial charge in [-0.2, -0.15) is 0 Å². The van der Waals surface area contributed by atoms with Crippen molar-refractivity contribution in [1.82, 2.24) is 4.90 Å². The second kappa shape index (κ2) is 5.35. The molecular formula is C11H19N3O3. The highest BCUT2D eigenvalue weighted by Gasteiger charge is 2.35. The number of hydrogen-bond acceptors (Lipinski definition) is 4. The SMILES string of the molecule is NC(=NO)C1CCCCN1C(=O)C1CCCO1. The monoisotopic (exact) mass is 241 g/mol. The Morgan fingerprint density at radius 3 is 2.82 bits per heavy atom. The van der Waals surface area contributed by atoms with Gasteiger partial charge in [-0.25, -0.2) is 0 Å². The molecule has 1 amide bonds. The van der Waals surface area contributed by atoms with Crippen LogP contribution in [0.5, 0.6) is 0 Å². The van der Waals surface area contributed by atoms with Crippen LogP contribution in [-0.2, 0) is 9.53 Å². The van der Waals surface area contributed by atoms with Gasteiger partial charge in [0.15, 0.2) is 5.84 Å². The Kier molecular flexibility index (Phi) is 3.83. The number of rotatable bonds is 2. The van der Waals surface area contributed by atoms with Gasteiger partial charge in [-0.1, -0.05) is 5.16 Å². The molecule has 0 aliphatic carbocycles. The highest BCUT2D eigenvalue weighted by molar-refractivity contribution is 5.91. The Bertz CT molecular complexity index is 313. The predicted molar refractivity (Wildman–Crippen MR) is 61.7 cm³/mol. The number of hydrogen-bond donors (Lipinski definition) is 2. The van der Waals surface area contributed by atoms with Crippen LogP contribution in [0.1, 0.15) is 32.1 Å². The van der Waals surface area contributed by atoms with Gasteiger partial charge >= 0.3 is 0 Å². The first kappa shape index (κ1) is 12.2. The fourth-order valence-electron chi connectivity index (χ4n) is 2.53. The number of amidine groups is 1. The van der Waals surface area contributed by atoms with Gasteiger partial charge in [0.1, 0.15) is 6.10 Å². The van der Waals surface area contributed by atoms with Crippen LogP contribution in [0.25, 0.3) is 0 Å². The molecule has 3 N–H and O–H groups in total. The summed E-state index contributed by atoms with van der Waals surface area (Å²) in [5.41, 5.74) is 5.64. The zero-order valence-electron chi connectivity index (χ0n) is 9.84. The number of carbonyl (C=O) groups is 1. The first-order valence-corrected chi connectivity index (χ1v) is 6.13. The summed E-state index contributed by atoms with van der Waals surface area (Å²) in [6.45, 7) is 1.32. The Labute approximate surface area is 100 Å². The molecule has 2 unspecified atom stereocenters. The molecule has 2 rings (SSSR count). The van der Waals surface area contributed by atoms with Crippen molar-refractivity contribution >= 4 is 11.7 Å². The number of oxime groups is 1. The standard InChI is InChI=1S/C11H19N3O3/c12-10(13-16)8-4-1-2-6-14(8)11(15)9-5-3-7-17-9/h8-9,16H,1-7H2,(H2,12,13). The van der Waals surface area contributed by atoms with E-state index >= 15 is 0 Å². The number of nitrogens with two attached hydrogens (primary N) is 1. The predicted octanol–water partition coefficient (Wildman–Crippen LogP) is 0.293. The van der Waals surface area contributed by atoms with Crippen molar-refractivity contribution in [2.75, 3.05) is 13.2 Å². The lowest BCUT2D eigenvalue weighted by Gasteiger charge is -2.36. The number of amides is 1. The minimum absolute atomic E-state index is 0.0150. The average molecular weight is 241 g/mol. The van der Waals surface area contributed by atoms with Crippen LogP contribution in [0.15, 0.2) is 5.16 Å². The van der Waals surface area contributed by atoms with Gasteiger partial charge in [-0.05, 0) is 32.1 Å². The van der Waals surface area contributed by atoms with E-state index in [-0.39, 0.29) is 23.9 Å². The van der Waals surface area contributed by atoms with Gasteiger partial charge in [-0.3, -0.25) is 4.79 Å². The Morgan fingerprint density at radius 1 is 1.35 bits per heavy atom. The summed E-state index contributed by atoms with van der Waals surface area (Å²) >= 11 is 0. The lowest BCUT2D eigenvalue weighted by molar-refractivity contribution is -0.143.